The van der Waals surface area contributed by atoms with Crippen molar-refractivity contribution >= 4 is 28.4 Å². The van der Waals surface area contributed by atoms with Crippen molar-refractivity contribution in [3.63, 3.8) is 0 Å². The third kappa shape index (κ3) is 4.80. The summed E-state index contributed by atoms with van der Waals surface area (Å²) in [4.78, 5) is 34.5. The molecule has 1 aromatic carbocycles. The molecule has 0 atom stereocenters. The number of nitrogens with zero attached hydrogens (tertiary/aromatic N) is 2. The molecule has 0 aliphatic carbocycles. The summed E-state index contributed by atoms with van der Waals surface area (Å²) in [6.07, 6.45) is 6.23. The van der Waals surface area contributed by atoms with E-state index in [2.05, 4.69) is 20.2 Å². The maximum atomic E-state index is 12.6. The number of hydrogen-bond acceptors (Lipinski definition) is 5. The van der Waals surface area contributed by atoms with Crippen LogP contribution in [0.15, 0.2) is 53.7 Å². The average molecular weight is 427 g/mol. The third-order valence-corrected chi connectivity index (χ3v) is 5.59. The molecule has 3 heterocycles. The average Bonchev–Trinajstić information content (AvgIpc) is 2.77. The number of hydrogen-bond donors (Lipinski definition) is 2. The Hall–Kier alpha value is -2.90. The number of fused-ring (bicyclic) bond motifs is 1. The molecule has 0 spiro atoms. The predicted molar refractivity (Wildman–Crippen MR) is 116 cm³/mol. The molecule has 1 saturated heterocycles. The minimum absolute atomic E-state index is 0.0509. The Kier molecular flexibility index (Phi) is 6.30. The topological polar surface area (TPSA) is 87.3 Å². The number of piperidine rings is 1. The quantitative estimate of drug-likeness (QED) is 0.632. The van der Waals surface area contributed by atoms with Gasteiger partial charge in [-0.1, -0.05) is 11.6 Å². The van der Waals surface area contributed by atoms with Crippen molar-refractivity contribution in [1.82, 2.24) is 20.2 Å². The van der Waals surface area contributed by atoms with Gasteiger partial charge in [0, 0.05) is 49.3 Å². The molecule has 1 fully saturated rings. The predicted octanol–water partition coefficient (Wildman–Crippen LogP) is 2.85. The van der Waals surface area contributed by atoms with Gasteiger partial charge in [-0.05, 0) is 43.2 Å². The molecule has 7 nitrogen and oxygen atoms in total. The molecular weight excluding hydrogens is 404 g/mol. The minimum Gasteiger partial charge on any atom is -0.492 e. The van der Waals surface area contributed by atoms with E-state index in [1.807, 2.05) is 24.3 Å². The van der Waals surface area contributed by atoms with Crippen LogP contribution in [-0.4, -0.2) is 53.1 Å². The molecule has 8 heteroatoms. The number of likely N-dealkylation sites (tertiary alicyclic amines) is 1. The molecule has 0 radical (unpaired) electrons. The fourth-order valence-corrected chi connectivity index (χ4v) is 3.74. The number of carbonyl (C=O) groups is 1. The van der Waals surface area contributed by atoms with Gasteiger partial charge >= 0.3 is 0 Å². The lowest BCUT2D eigenvalue weighted by Gasteiger charge is -2.32. The smallest absolute Gasteiger partial charge is 0.256 e. The van der Waals surface area contributed by atoms with Crippen molar-refractivity contribution in [2.24, 2.45) is 0 Å². The first-order valence-corrected chi connectivity index (χ1v) is 10.3. The molecule has 1 amide bonds. The van der Waals surface area contributed by atoms with E-state index in [0.29, 0.717) is 22.5 Å². The van der Waals surface area contributed by atoms with Crippen LogP contribution < -0.4 is 15.5 Å². The first-order chi connectivity index (χ1) is 14.6. The van der Waals surface area contributed by atoms with E-state index in [1.54, 1.807) is 12.3 Å². The number of carbonyl (C=O) groups excluding carboxylic acids is 1. The van der Waals surface area contributed by atoms with E-state index in [0.717, 1.165) is 38.2 Å². The summed E-state index contributed by atoms with van der Waals surface area (Å²) in [6, 6.07) is 9.09. The summed E-state index contributed by atoms with van der Waals surface area (Å²) in [5, 5.41) is 4.10. The normalized spacial score (nSPS) is 15.2. The number of benzene rings is 1. The highest BCUT2D eigenvalue weighted by Gasteiger charge is 2.22. The molecule has 30 heavy (non-hydrogen) atoms. The largest absolute Gasteiger partial charge is 0.492 e. The van der Waals surface area contributed by atoms with Crippen molar-refractivity contribution < 1.29 is 9.53 Å². The Morgan fingerprint density at radius 1 is 1.23 bits per heavy atom. The molecule has 2 N–H and O–H groups in total. The number of H-pyrrole nitrogens is 1. The number of aromatic amines is 1. The highest BCUT2D eigenvalue weighted by atomic mass is 35.5. The monoisotopic (exact) mass is 426 g/mol. The maximum absolute atomic E-state index is 12.6. The van der Waals surface area contributed by atoms with Crippen LogP contribution in [0.25, 0.3) is 10.9 Å². The van der Waals surface area contributed by atoms with Gasteiger partial charge in [-0.25, -0.2) is 0 Å². The molecule has 0 bridgehead atoms. The van der Waals surface area contributed by atoms with Crippen LogP contribution in [0, 0.1) is 0 Å². The number of rotatable bonds is 6. The van der Waals surface area contributed by atoms with E-state index in [-0.39, 0.29) is 22.9 Å². The van der Waals surface area contributed by atoms with Crippen LogP contribution in [0.2, 0.25) is 5.02 Å². The number of pyridine rings is 2. The summed E-state index contributed by atoms with van der Waals surface area (Å²) < 4.78 is 5.75. The van der Waals surface area contributed by atoms with Crippen molar-refractivity contribution in [3.05, 3.63) is 69.7 Å². The fraction of sp³-hybridized carbons (Fsp3) is 0.318. The minimum atomic E-state index is -0.341. The molecule has 2 aromatic heterocycles. The summed E-state index contributed by atoms with van der Waals surface area (Å²) in [6.45, 7) is 3.15. The standard InChI is InChI=1S/C22H23ClN4O3/c23-15-1-3-17(4-2-15)30-12-11-27-9-6-16(7-10-27)26-22(29)19-14-25-20-5-8-24-13-18(20)21(19)28/h1-5,8,13-14,16H,6-7,9-12H2,(H,25,28)(H,26,29). The van der Waals surface area contributed by atoms with Crippen molar-refractivity contribution in [2.75, 3.05) is 26.2 Å². The highest BCUT2D eigenvalue weighted by molar-refractivity contribution is 6.30. The Morgan fingerprint density at radius 2 is 2.00 bits per heavy atom. The zero-order valence-electron chi connectivity index (χ0n) is 16.4. The lowest BCUT2D eigenvalue weighted by molar-refractivity contribution is 0.0904. The van der Waals surface area contributed by atoms with Crippen molar-refractivity contribution in [1.29, 1.82) is 0 Å². The molecule has 0 unspecified atom stereocenters. The lowest BCUT2D eigenvalue weighted by Crippen LogP contribution is -2.46. The second kappa shape index (κ2) is 9.28. The zero-order valence-corrected chi connectivity index (χ0v) is 17.2. The summed E-state index contributed by atoms with van der Waals surface area (Å²) in [5.74, 6) is 0.462. The molecule has 0 saturated carbocycles. The lowest BCUT2D eigenvalue weighted by atomic mass is 10.0. The van der Waals surface area contributed by atoms with Crippen LogP contribution in [-0.2, 0) is 0 Å². The van der Waals surface area contributed by atoms with Gasteiger partial charge < -0.3 is 15.0 Å². The molecule has 3 aromatic rings. The van der Waals surface area contributed by atoms with Crippen LogP contribution in [0.1, 0.15) is 23.2 Å². The van der Waals surface area contributed by atoms with Gasteiger partial charge in [0.1, 0.15) is 17.9 Å². The van der Waals surface area contributed by atoms with Crippen LogP contribution in [0.4, 0.5) is 0 Å². The Labute approximate surface area is 179 Å². The van der Waals surface area contributed by atoms with E-state index < -0.39 is 0 Å². The Bertz CT molecular complexity index is 1080. The van der Waals surface area contributed by atoms with Crippen LogP contribution in [0.5, 0.6) is 5.75 Å². The van der Waals surface area contributed by atoms with Crippen LogP contribution in [0.3, 0.4) is 0 Å². The number of ether oxygens (including phenoxy) is 1. The fourth-order valence-electron chi connectivity index (χ4n) is 3.62. The van der Waals surface area contributed by atoms with E-state index >= 15 is 0 Å². The molecule has 1 aliphatic rings. The molecule has 1 aliphatic heterocycles. The number of amides is 1. The summed E-state index contributed by atoms with van der Waals surface area (Å²) >= 11 is 5.87. The van der Waals surface area contributed by atoms with E-state index in [9.17, 15) is 9.59 Å². The number of nitrogens with one attached hydrogen (secondary N) is 2. The summed E-state index contributed by atoms with van der Waals surface area (Å²) in [5.41, 5.74) is 0.487. The highest BCUT2D eigenvalue weighted by Crippen LogP contribution is 2.16. The Balaban J connectivity index is 1.25. The first-order valence-electron chi connectivity index (χ1n) is 9.97. The van der Waals surface area contributed by atoms with Crippen LogP contribution >= 0.6 is 11.6 Å². The van der Waals surface area contributed by atoms with Gasteiger partial charge in [-0.2, -0.15) is 0 Å². The third-order valence-electron chi connectivity index (χ3n) is 5.34. The number of halogens is 1. The van der Waals surface area contributed by atoms with Gasteiger partial charge in [0.15, 0.2) is 0 Å². The van der Waals surface area contributed by atoms with E-state index in [1.165, 1.54) is 12.4 Å². The molecule has 4 rings (SSSR count). The van der Waals surface area contributed by atoms with E-state index in [4.69, 9.17) is 16.3 Å². The first kappa shape index (κ1) is 20.4. The van der Waals surface area contributed by atoms with Gasteiger partial charge in [-0.3, -0.25) is 19.5 Å². The van der Waals surface area contributed by atoms with Crippen molar-refractivity contribution in [3.8, 4) is 5.75 Å². The molecule has 156 valence electrons. The zero-order chi connectivity index (χ0) is 20.9. The summed E-state index contributed by atoms with van der Waals surface area (Å²) in [7, 11) is 0. The van der Waals surface area contributed by atoms with Gasteiger partial charge in [-0.15, -0.1) is 0 Å². The second-order valence-electron chi connectivity index (χ2n) is 7.34. The van der Waals surface area contributed by atoms with Gasteiger partial charge in [0.2, 0.25) is 5.43 Å². The SMILES string of the molecule is O=C(NC1CCN(CCOc2ccc(Cl)cc2)CC1)c1c[nH]c2ccncc2c1=O. The van der Waals surface area contributed by atoms with Crippen molar-refractivity contribution in [2.45, 2.75) is 18.9 Å². The Morgan fingerprint density at radius 3 is 2.77 bits per heavy atom. The maximum Gasteiger partial charge on any atom is 0.256 e. The molecular formula is C22H23ClN4O3. The number of aromatic nitrogens is 2. The van der Waals surface area contributed by atoms with Gasteiger partial charge in [0.25, 0.3) is 5.91 Å². The second-order valence-corrected chi connectivity index (χ2v) is 7.78. The van der Waals surface area contributed by atoms with Gasteiger partial charge in [0.05, 0.1) is 10.9 Å².